The van der Waals surface area contributed by atoms with Crippen LogP contribution in [0.3, 0.4) is 0 Å². The first-order valence-corrected chi connectivity index (χ1v) is 7.39. The van der Waals surface area contributed by atoms with Crippen LogP contribution in [0.25, 0.3) is 0 Å². The van der Waals surface area contributed by atoms with Crippen molar-refractivity contribution in [3.8, 4) is 6.07 Å². The van der Waals surface area contributed by atoms with E-state index in [9.17, 15) is 18.4 Å². The van der Waals surface area contributed by atoms with Gasteiger partial charge < -0.3 is 10.2 Å². The first kappa shape index (κ1) is 15.4. The SMILES string of the molecule is N#CC1CC(F)(F)CN1C(=O)c1ccc(NC(=O)C2CC2)cc1. The smallest absolute Gasteiger partial charge is 0.268 e. The van der Waals surface area contributed by atoms with Gasteiger partial charge in [0.2, 0.25) is 5.91 Å². The molecule has 2 amide bonds. The highest BCUT2D eigenvalue weighted by molar-refractivity contribution is 5.97. The minimum atomic E-state index is -3.03. The Bertz CT molecular complexity index is 678. The van der Waals surface area contributed by atoms with Gasteiger partial charge in [-0.05, 0) is 37.1 Å². The van der Waals surface area contributed by atoms with Crippen molar-refractivity contribution in [3.05, 3.63) is 29.8 Å². The number of hydrogen-bond donors (Lipinski definition) is 1. The Kier molecular flexibility index (Phi) is 3.76. The lowest BCUT2D eigenvalue weighted by Crippen LogP contribution is -2.35. The van der Waals surface area contributed by atoms with Gasteiger partial charge in [-0.1, -0.05) is 0 Å². The summed E-state index contributed by atoms with van der Waals surface area (Å²) in [6.45, 7) is -0.746. The van der Waals surface area contributed by atoms with E-state index < -0.39 is 30.8 Å². The molecule has 1 aliphatic carbocycles. The maximum atomic E-state index is 13.4. The van der Waals surface area contributed by atoms with Crippen LogP contribution in [-0.4, -0.2) is 35.2 Å². The number of amides is 2. The van der Waals surface area contributed by atoms with E-state index in [1.807, 2.05) is 0 Å². The molecule has 2 aliphatic rings. The number of alkyl halides is 2. The molecule has 1 unspecified atom stereocenters. The van der Waals surface area contributed by atoms with Gasteiger partial charge in [0.15, 0.2) is 0 Å². The average Bonchev–Trinajstić information content (AvgIpc) is 3.31. The number of nitriles is 1. The number of nitrogens with zero attached hydrogens (tertiary/aromatic N) is 2. The number of rotatable bonds is 3. The second kappa shape index (κ2) is 5.61. The monoisotopic (exact) mass is 319 g/mol. The van der Waals surface area contributed by atoms with Crippen molar-refractivity contribution in [2.45, 2.75) is 31.2 Å². The molecular weight excluding hydrogens is 304 g/mol. The standard InChI is InChI=1S/C16H15F2N3O2/c17-16(18)7-13(8-19)21(9-16)15(23)11-3-5-12(6-4-11)20-14(22)10-1-2-10/h3-6,10,13H,1-2,7,9H2,(H,20,22). The number of benzene rings is 1. The molecule has 5 nitrogen and oxygen atoms in total. The zero-order valence-corrected chi connectivity index (χ0v) is 12.3. The second-order valence-electron chi connectivity index (χ2n) is 5.98. The van der Waals surface area contributed by atoms with Crippen molar-refractivity contribution < 1.29 is 18.4 Å². The van der Waals surface area contributed by atoms with Crippen LogP contribution >= 0.6 is 0 Å². The molecule has 1 aromatic carbocycles. The molecule has 1 saturated carbocycles. The number of anilines is 1. The summed E-state index contributed by atoms with van der Waals surface area (Å²) >= 11 is 0. The van der Waals surface area contributed by atoms with Crippen molar-refractivity contribution >= 4 is 17.5 Å². The van der Waals surface area contributed by atoms with Crippen LogP contribution < -0.4 is 5.32 Å². The van der Waals surface area contributed by atoms with Gasteiger partial charge in [-0.3, -0.25) is 9.59 Å². The highest BCUT2D eigenvalue weighted by atomic mass is 19.3. The number of hydrogen-bond acceptors (Lipinski definition) is 3. The first-order chi connectivity index (χ1) is 10.9. The van der Waals surface area contributed by atoms with E-state index >= 15 is 0 Å². The topological polar surface area (TPSA) is 73.2 Å². The van der Waals surface area contributed by atoms with Gasteiger partial charge in [0.1, 0.15) is 6.04 Å². The summed E-state index contributed by atoms with van der Waals surface area (Å²) in [5.41, 5.74) is 0.773. The van der Waals surface area contributed by atoms with Gasteiger partial charge in [-0.15, -0.1) is 0 Å². The van der Waals surface area contributed by atoms with Crippen LogP contribution in [0.1, 0.15) is 29.6 Å². The lowest BCUT2D eigenvalue weighted by atomic mass is 10.1. The van der Waals surface area contributed by atoms with Crippen molar-refractivity contribution in [2.75, 3.05) is 11.9 Å². The number of carbonyl (C=O) groups is 2. The Hall–Kier alpha value is -2.49. The fourth-order valence-electron chi connectivity index (χ4n) is 2.60. The van der Waals surface area contributed by atoms with Gasteiger partial charge in [0.25, 0.3) is 11.8 Å². The van der Waals surface area contributed by atoms with Crippen LogP contribution in [-0.2, 0) is 4.79 Å². The van der Waals surface area contributed by atoms with Crippen LogP contribution in [0.15, 0.2) is 24.3 Å². The van der Waals surface area contributed by atoms with Crippen LogP contribution in [0.4, 0.5) is 14.5 Å². The largest absolute Gasteiger partial charge is 0.326 e. The predicted molar refractivity (Wildman–Crippen MR) is 77.8 cm³/mol. The summed E-state index contributed by atoms with van der Waals surface area (Å²) in [6, 6.07) is 6.68. The zero-order valence-electron chi connectivity index (χ0n) is 12.3. The molecule has 3 rings (SSSR count). The van der Waals surface area contributed by atoms with E-state index in [2.05, 4.69) is 5.32 Å². The summed E-state index contributed by atoms with van der Waals surface area (Å²) in [5, 5.41) is 11.7. The van der Waals surface area contributed by atoms with E-state index in [0.29, 0.717) is 5.69 Å². The Morgan fingerprint density at radius 3 is 2.48 bits per heavy atom. The zero-order chi connectivity index (χ0) is 16.6. The van der Waals surface area contributed by atoms with E-state index in [1.165, 1.54) is 12.1 Å². The van der Waals surface area contributed by atoms with Gasteiger partial charge >= 0.3 is 0 Å². The highest BCUT2D eigenvalue weighted by Crippen LogP contribution is 2.33. The van der Waals surface area contributed by atoms with Gasteiger partial charge in [-0.25, -0.2) is 8.78 Å². The quantitative estimate of drug-likeness (QED) is 0.930. The summed E-state index contributed by atoms with van der Waals surface area (Å²) < 4.78 is 26.8. The molecule has 23 heavy (non-hydrogen) atoms. The third-order valence-corrected chi connectivity index (χ3v) is 4.03. The van der Waals surface area contributed by atoms with Crippen molar-refractivity contribution in [2.24, 2.45) is 5.92 Å². The lowest BCUT2D eigenvalue weighted by molar-refractivity contribution is -0.117. The number of halogens is 2. The molecule has 1 saturated heterocycles. The Morgan fingerprint density at radius 2 is 1.91 bits per heavy atom. The molecule has 1 heterocycles. The molecule has 0 radical (unpaired) electrons. The lowest BCUT2D eigenvalue weighted by Gasteiger charge is -2.19. The van der Waals surface area contributed by atoms with E-state index in [4.69, 9.17) is 5.26 Å². The number of likely N-dealkylation sites (tertiary alicyclic amines) is 1. The van der Waals surface area contributed by atoms with Crippen LogP contribution in [0, 0.1) is 17.2 Å². The summed E-state index contributed by atoms with van der Waals surface area (Å²) in [5.74, 6) is -3.62. The average molecular weight is 319 g/mol. The third-order valence-electron chi connectivity index (χ3n) is 4.03. The van der Waals surface area contributed by atoms with Gasteiger partial charge in [0.05, 0.1) is 12.6 Å². The van der Waals surface area contributed by atoms with Crippen molar-refractivity contribution in [1.82, 2.24) is 4.90 Å². The molecule has 7 heteroatoms. The molecule has 120 valence electrons. The van der Waals surface area contributed by atoms with Crippen LogP contribution in [0.5, 0.6) is 0 Å². The van der Waals surface area contributed by atoms with E-state index in [1.54, 1.807) is 18.2 Å². The van der Waals surface area contributed by atoms with Gasteiger partial charge in [0, 0.05) is 23.6 Å². The number of carbonyl (C=O) groups excluding carboxylic acids is 2. The number of nitrogens with one attached hydrogen (secondary N) is 1. The highest BCUT2D eigenvalue weighted by Gasteiger charge is 2.47. The molecule has 0 spiro atoms. The summed E-state index contributed by atoms with van der Waals surface area (Å²) in [4.78, 5) is 24.9. The fourth-order valence-corrected chi connectivity index (χ4v) is 2.60. The third kappa shape index (κ3) is 3.31. The predicted octanol–water partition coefficient (Wildman–Crippen LogP) is 2.41. The molecular formula is C16H15F2N3O2. The normalized spacial score (nSPS) is 22.5. The van der Waals surface area contributed by atoms with E-state index in [0.717, 1.165) is 17.7 Å². The summed E-state index contributed by atoms with van der Waals surface area (Å²) in [7, 11) is 0. The molecule has 1 atom stereocenters. The van der Waals surface area contributed by atoms with Crippen molar-refractivity contribution in [3.63, 3.8) is 0 Å². The maximum absolute atomic E-state index is 13.4. The van der Waals surface area contributed by atoms with Gasteiger partial charge in [-0.2, -0.15) is 5.26 Å². The Labute approximate surface area is 131 Å². The van der Waals surface area contributed by atoms with Crippen molar-refractivity contribution in [1.29, 1.82) is 5.26 Å². The Balaban J connectivity index is 1.70. The minimum Gasteiger partial charge on any atom is -0.326 e. The Morgan fingerprint density at radius 1 is 1.26 bits per heavy atom. The molecule has 1 aliphatic heterocycles. The molecule has 1 N–H and O–H groups in total. The summed E-state index contributed by atoms with van der Waals surface area (Å²) in [6.07, 6.45) is 1.15. The van der Waals surface area contributed by atoms with Crippen LogP contribution in [0.2, 0.25) is 0 Å². The molecule has 1 aromatic rings. The molecule has 0 bridgehead atoms. The molecule has 2 fully saturated rings. The molecule has 0 aromatic heterocycles. The minimum absolute atomic E-state index is 0.0483. The second-order valence-corrected chi connectivity index (χ2v) is 5.98. The maximum Gasteiger partial charge on any atom is 0.268 e. The first-order valence-electron chi connectivity index (χ1n) is 7.39. The fraction of sp³-hybridized carbons (Fsp3) is 0.438. The van der Waals surface area contributed by atoms with E-state index in [-0.39, 0.29) is 17.4 Å².